The minimum Gasteiger partial charge on any atom is -0.481 e. The Hall–Kier alpha value is -0.580. The minimum absolute atomic E-state index is 0.110. The van der Waals surface area contributed by atoms with Gasteiger partial charge in [0.1, 0.15) is 5.41 Å². The standard InChI is InChI=1S/C22H35IO2/c1-3-4-5-6-7-8-9-10-11-15-18-20(23)22(2,21(24)25)19-16-13-12-14-17-19/h12-14,16-17,20H,3-11,15,18H2,1-2H3,(H,24,25). The first-order chi connectivity index (χ1) is 12.0. The highest BCUT2D eigenvalue weighted by Crippen LogP contribution is 2.36. The van der Waals surface area contributed by atoms with E-state index in [-0.39, 0.29) is 3.92 Å². The molecule has 0 spiro atoms. The lowest BCUT2D eigenvalue weighted by molar-refractivity contribution is -0.143. The molecule has 0 aromatic heterocycles. The van der Waals surface area contributed by atoms with Crippen LogP contribution in [-0.4, -0.2) is 15.0 Å². The monoisotopic (exact) mass is 458 g/mol. The van der Waals surface area contributed by atoms with E-state index >= 15 is 0 Å². The van der Waals surface area contributed by atoms with Gasteiger partial charge in [-0.25, -0.2) is 0 Å². The molecule has 0 fully saturated rings. The zero-order valence-electron chi connectivity index (χ0n) is 16.0. The Kier molecular flexibility index (Phi) is 11.4. The Bertz CT molecular complexity index is 474. The molecule has 2 nitrogen and oxygen atoms in total. The topological polar surface area (TPSA) is 37.3 Å². The average molecular weight is 458 g/mol. The zero-order valence-corrected chi connectivity index (χ0v) is 18.1. The van der Waals surface area contributed by atoms with Crippen LogP contribution in [0.5, 0.6) is 0 Å². The Labute approximate surface area is 167 Å². The van der Waals surface area contributed by atoms with Crippen LogP contribution in [-0.2, 0) is 10.2 Å². The molecule has 0 heterocycles. The maximum Gasteiger partial charge on any atom is 0.314 e. The van der Waals surface area contributed by atoms with Crippen LogP contribution in [0.4, 0.5) is 0 Å². The van der Waals surface area contributed by atoms with E-state index in [4.69, 9.17) is 0 Å². The Morgan fingerprint density at radius 1 is 0.960 bits per heavy atom. The highest BCUT2D eigenvalue weighted by molar-refractivity contribution is 14.1. The van der Waals surface area contributed by atoms with Crippen LogP contribution >= 0.6 is 22.6 Å². The van der Waals surface area contributed by atoms with Gasteiger partial charge in [0.05, 0.1) is 0 Å². The molecule has 1 aromatic rings. The second-order valence-electron chi connectivity index (χ2n) is 7.31. The van der Waals surface area contributed by atoms with Crippen LogP contribution in [0.1, 0.15) is 90.0 Å². The van der Waals surface area contributed by atoms with Gasteiger partial charge in [-0.05, 0) is 18.9 Å². The van der Waals surface area contributed by atoms with E-state index in [2.05, 4.69) is 29.5 Å². The fourth-order valence-electron chi connectivity index (χ4n) is 3.32. The summed E-state index contributed by atoms with van der Waals surface area (Å²) in [5, 5.41) is 9.81. The predicted molar refractivity (Wildman–Crippen MR) is 116 cm³/mol. The van der Waals surface area contributed by atoms with E-state index in [9.17, 15) is 9.90 Å². The van der Waals surface area contributed by atoms with E-state index < -0.39 is 11.4 Å². The van der Waals surface area contributed by atoms with Crippen molar-refractivity contribution < 1.29 is 9.90 Å². The second-order valence-corrected chi connectivity index (χ2v) is 8.82. The van der Waals surface area contributed by atoms with Crippen LogP contribution in [0.15, 0.2) is 30.3 Å². The normalized spacial score (nSPS) is 14.8. The molecule has 142 valence electrons. The molecule has 2 atom stereocenters. The van der Waals surface area contributed by atoms with E-state index in [0.717, 1.165) is 18.4 Å². The summed E-state index contributed by atoms with van der Waals surface area (Å²) in [7, 11) is 0. The summed E-state index contributed by atoms with van der Waals surface area (Å²) in [6, 6.07) is 9.69. The number of unbranched alkanes of at least 4 members (excludes halogenated alkanes) is 9. The van der Waals surface area contributed by atoms with Crippen LogP contribution in [0, 0.1) is 0 Å². The lowest BCUT2D eigenvalue weighted by Crippen LogP contribution is -2.41. The summed E-state index contributed by atoms with van der Waals surface area (Å²) in [6.45, 7) is 4.13. The minimum atomic E-state index is -0.804. The summed E-state index contributed by atoms with van der Waals surface area (Å²) in [6.07, 6.45) is 14.1. The van der Waals surface area contributed by atoms with Crippen molar-refractivity contribution in [1.82, 2.24) is 0 Å². The summed E-state index contributed by atoms with van der Waals surface area (Å²) in [4.78, 5) is 11.9. The van der Waals surface area contributed by atoms with Gasteiger partial charge >= 0.3 is 5.97 Å². The molecule has 1 aromatic carbocycles. The summed E-state index contributed by atoms with van der Waals surface area (Å²) >= 11 is 2.35. The molecule has 0 aliphatic heterocycles. The Balaban J connectivity index is 2.28. The highest BCUT2D eigenvalue weighted by Gasteiger charge is 2.41. The first-order valence-corrected chi connectivity index (χ1v) is 11.2. The van der Waals surface area contributed by atoms with Gasteiger partial charge in [0.2, 0.25) is 0 Å². The lowest BCUT2D eigenvalue weighted by Gasteiger charge is -2.31. The molecule has 0 amide bonds. The quantitative estimate of drug-likeness (QED) is 0.183. The van der Waals surface area contributed by atoms with Gasteiger partial charge in [0, 0.05) is 3.92 Å². The number of carboxylic acids is 1. The molecule has 0 aliphatic carbocycles. The molecule has 0 saturated carbocycles. The van der Waals surface area contributed by atoms with Crippen LogP contribution < -0.4 is 0 Å². The number of hydrogen-bond acceptors (Lipinski definition) is 1. The number of aliphatic carboxylic acids is 1. The first kappa shape index (κ1) is 22.5. The number of benzene rings is 1. The summed E-state index contributed by atoms with van der Waals surface area (Å²) in [5.41, 5.74) is 0.107. The van der Waals surface area contributed by atoms with Crippen molar-refractivity contribution in [2.24, 2.45) is 0 Å². The molecule has 25 heavy (non-hydrogen) atoms. The van der Waals surface area contributed by atoms with Crippen molar-refractivity contribution in [2.75, 3.05) is 0 Å². The molecule has 1 rings (SSSR count). The van der Waals surface area contributed by atoms with Crippen molar-refractivity contribution >= 4 is 28.6 Å². The predicted octanol–water partition coefficient (Wildman–Crippen LogP) is 7.14. The van der Waals surface area contributed by atoms with Crippen molar-refractivity contribution in [3.8, 4) is 0 Å². The van der Waals surface area contributed by atoms with Crippen molar-refractivity contribution in [3.05, 3.63) is 35.9 Å². The molecular formula is C22H35IO2. The molecule has 1 N–H and O–H groups in total. The van der Waals surface area contributed by atoms with Gasteiger partial charge in [-0.3, -0.25) is 4.79 Å². The highest BCUT2D eigenvalue weighted by atomic mass is 127. The van der Waals surface area contributed by atoms with Crippen molar-refractivity contribution in [3.63, 3.8) is 0 Å². The third kappa shape index (κ3) is 7.67. The number of halogens is 1. The molecule has 3 heteroatoms. The molecule has 0 saturated heterocycles. The number of alkyl halides is 1. The molecule has 0 bridgehead atoms. The smallest absolute Gasteiger partial charge is 0.314 e. The molecule has 0 aliphatic rings. The maximum absolute atomic E-state index is 11.9. The van der Waals surface area contributed by atoms with E-state index in [1.807, 2.05) is 37.3 Å². The molecule has 2 unspecified atom stereocenters. The number of carboxylic acid groups (broad SMARTS) is 1. The SMILES string of the molecule is CCCCCCCCCCCCC(I)C(C)(C(=O)O)c1ccccc1. The van der Waals surface area contributed by atoms with Crippen molar-refractivity contribution in [1.29, 1.82) is 0 Å². The Morgan fingerprint density at radius 3 is 1.92 bits per heavy atom. The molecular weight excluding hydrogens is 423 g/mol. The number of hydrogen-bond donors (Lipinski definition) is 1. The summed E-state index contributed by atoms with van der Waals surface area (Å²) < 4.78 is 0.110. The Morgan fingerprint density at radius 2 is 1.44 bits per heavy atom. The number of carbonyl (C=O) groups is 1. The van der Waals surface area contributed by atoms with Gasteiger partial charge < -0.3 is 5.11 Å². The largest absolute Gasteiger partial charge is 0.481 e. The van der Waals surface area contributed by atoms with Crippen LogP contribution in [0.25, 0.3) is 0 Å². The van der Waals surface area contributed by atoms with E-state index in [0.29, 0.717) is 0 Å². The van der Waals surface area contributed by atoms with Crippen molar-refractivity contribution in [2.45, 2.75) is 93.8 Å². The van der Waals surface area contributed by atoms with Gasteiger partial charge in [0.25, 0.3) is 0 Å². The van der Waals surface area contributed by atoms with Gasteiger partial charge in [-0.2, -0.15) is 0 Å². The molecule has 0 radical (unpaired) electrons. The lowest BCUT2D eigenvalue weighted by atomic mass is 9.78. The van der Waals surface area contributed by atoms with E-state index in [1.165, 1.54) is 57.8 Å². The van der Waals surface area contributed by atoms with Gasteiger partial charge in [-0.1, -0.05) is 124 Å². The van der Waals surface area contributed by atoms with Gasteiger partial charge in [0.15, 0.2) is 0 Å². The average Bonchev–Trinajstić information content (AvgIpc) is 2.62. The van der Waals surface area contributed by atoms with Crippen LogP contribution in [0.3, 0.4) is 0 Å². The van der Waals surface area contributed by atoms with Crippen LogP contribution in [0.2, 0.25) is 0 Å². The maximum atomic E-state index is 11.9. The third-order valence-electron chi connectivity index (χ3n) is 5.26. The fraction of sp³-hybridized carbons (Fsp3) is 0.682. The van der Waals surface area contributed by atoms with E-state index in [1.54, 1.807) is 0 Å². The third-order valence-corrected chi connectivity index (χ3v) is 7.12. The summed E-state index contributed by atoms with van der Waals surface area (Å²) in [5.74, 6) is -0.717. The first-order valence-electron chi connectivity index (χ1n) is 9.96. The fourth-order valence-corrected chi connectivity index (χ4v) is 4.39. The number of rotatable bonds is 14. The zero-order chi connectivity index (χ0) is 18.5. The second kappa shape index (κ2) is 12.7. The van der Waals surface area contributed by atoms with Gasteiger partial charge in [-0.15, -0.1) is 0 Å².